The van der Waals surface area contributed by atoms with Crippen molar-refractivity contribution < 1.29 is 18.0 Å². The smallest absolute Gasteiger partial charge is 0.254 e. The molecule has 0 spiro atoms. The van der Waals surface area contributed by atoms with Crippen molar-refractivity contribution in [2.75, 3.05) is 6.54 Å². The second kappa shape index (κ2) is 7.08. The lowest BCUT2D eigenvalue weighted by Gasteiger charge is -2.06. The molecule has 0 saturated carbocycles. The molecular weight excluding hydrogens is 277 g/mol. The van der Waals surface area contributed by atoms with Gasteiger partial charge in [-0.1, -0.05) is 12.2 Å². The van der Waals surface area contributed by atoms with Crippen molar-refractivity contribution in [1.82, 2.24) is 5.32 Å². The van der Waals surface area contributed by atoms with Crippen LogP contribution in [0, 0.1) is 17.5 Å². The maximum Gasteiger partial charge on any atom is 0.254 e. The van der Waals surface area contributed by atoms with Crippen molar-refractivity contribution in [2.45, 2.75) is 19.3 Å². The summed E-state index contributed by atoms with van der Waals surface area (Å²) >= 11 is 4.68. The first kappa shape index (κ1) is 15.4. The van der Waals surface area contributed by atoms with Gasteiger partial charge in [-0.25, -0.2) is 13.2 Å². The molecule has 3 nitrogen and oxygen atoms in total. The largest absolute Gasteiger partial charge is 0.393 e. The maximum atomic E-state index is 13.3. The van der Waals surface area contributed by atoms with E-state index in [9.17, 15) is 18.0 Å². The van der Waals surface area contributed by atoms with Crippen LogP contribution in [0.4, 0.5) is 13.2 Å². The Kier molecular flexibility index (Phi) is 5.75. The molecular formula is C12H13F3N2OS. The zero-order valence-corrected chi connectivity index (χ0v) is 10.8. The van der Waals surface area contributed by atoms with Gasteiger partial charge >= 0.3 is 0 Å². The minimum absolute atomic E-state index is 0.278. The van der Waals surface area contributed by atoms with Gasteiger partial charge in [-0.05, 0) is 31.4 Å². The molecule has 0 fully saturated rings. The number of carbonyl (C=O) groups excluding carboxylic acids is 1. The van der Waals surface area contributed by atoms with E-state index in [-0.39, 0.29) is 6.54 Å². The van der Waals surface area contributed by atoms with Crippen molar-refractivity contribution in [1.29, 1.82) is 0 Å². The molecule has 1 aromatic carbocycles. The number of benzene rings is 1. The molecule has 0 aliphatic carbocycles. The zero-order valence-electron chi connectivity index (χ0n) is 10.0. The molecule has 1 aromatic rings. The third-order valence-corrected chi connectivity index (χ3v) is 2.62. The van der Waals surface area contributed by atoms with Gasteiger partial charge in [-0.3, -0.25) is 4.79 Å². The summed E-state index contributed by atoms with van der Waals surface area (Å²) in [4.78, 5) is 11.9. The number of unbranched alkanes of at least 4 members (excludes halogenated alkanes) is 1. The van der Waals surface area contributed by atoms with Gasteiger partial charge in [-0.15, -0.1) is 0 Å². The fourth-order valence-electron chi connectivity index (χ4n) is 1.42. The second-order valence-corrected chi connectivity index (χ2v) is 4.43. The number of hydrogen-bond donors (Lipinski definition) is 2. The fourth-order valence-corrected chi connectivity index (χ4v) is 1.57. The number of thiocarbonyl (C=S) groups is 1. The molecule has 0 unspecified atom stereocenters. The van der Waals surface area contributed by atoms with Crippen LogP contribution in [-0.4, -0.2) is 17.4 Å². The number of carbonyl (C=O) groups is 1. The second-order valence-electron chi connectivity index (χ2n) is 3.90. The van der Waals surface area contributed by atoms with Gasteiger partial charge in [0.15, 0.2) is 17.5 Å². The summed E-state index contributed by atoms with van der Waals surface area (Å²) < 4.78 is 38.9. The van der Waals surface area contributed by atoms with Crippen molar-refractivity contribution in [3.63, 3.8) is 0 Å². The number of amides is 1. The molecule has 0 saturated heterocycles. The molecule has 0 aliphatic rings. The SMILES string of the molecule is NC(=S)CCCCNC(=O)c1ccc(F)c(F)c1F. The maximum absolute atomic E-state index is 13.3. The molecule has 1 rings (SSSR count). The average Bonchev–Trinajstić information content (AvgIpc) is 2.35. The quantitative estimate of drug-likeness (QED) is 0.480. The lowest BCUT2D eigenvalue weighted by molar-refractivity contribution is 0.0947. The van der Waals surface area contributed by atoms with Crippen LogP contribution in [0.2, 0.25) is 0 Å². The molecule has 3 N–H and O–H groups in total. The molecule has 104 valence electrons. The van der Waals surface area contributed by atoms with Gasteiger partial charge in [0, 0.05) is 6.54 Å². The predicted octanol–water partition coefficient (Wildman–Crippen LogP) is 2.29. The van der Waals surface area contributed by atoms with Crippen molar-refractivity contribution in [2.24, 2.45) is 5.73 Å². The highest BCUT2D eigenvalue weighted by Gasteiger charge is 2.18. The van der Waals surface area contributed by atoms with Gasteiger partial charge in [0.05, 0.1) is 10.6 Å². The van der Waals surface area contributed by atoms with Gasteiger partial charge in [0.25, 0.3) is 5.91 Å². The summed E-state index contributed by atoms with van der Waals surface area (Å²) in [5.41, 5.74) is 4.77. The Bertz CT molecular complexity index is 494. The van der Waals surface area contributed by atoms with E-state index in [1.165, 1.54) is 0 Å². The first-order valence-corrected chi connectivity index (χ1v) is 6.04. The number of hydrogen-bond acceptors (Lipinski definition) is 2. The van der Waals surface area contributed by atoms with Crippen molar-refractivity contribution in [3.8, 4) is 0 Å². The first-order valence-electron chi connectivity index (χ1n) is 5.63. The van der Waals surface area contributed by atoms with Crippen LogP contribution < -0.4 is 11.1 Å². The van der Waals surface area contributed by atoms with Crippen LogP contribution in [0.1, 0.15) is 29.6 Å². The van der Waals surface area contributed by atoms with Gasteiger partial charge in [0.1, 0.15) is 0 Å². The highest BCUT2D eigenvalue weighted by Crippen LogP contribution is 2.14. The van der Waals surface area contributed by atoms with E-state index in [0.29, 0.717) is 30.3 Å². The third-order valence-electron chi connectivity index (χ3n) is 2.42. The normalized spacial score (nSPS) is 10.3. The molecule has 19 heavy (non-hydrogen) atoms. The predicted molar refractivity (Wildman–Crippen MR) is 69.3 cm³/mol. The van der Waals surface area contributed by atoms with Gasteiger partial charge in [0.2, 0.25) is 0 Å². The van der Waals surface area contributed by atoms with Crippen LogP contribution in [-0.2, 0) is 0 Å². The Morgan fingerprint density at radius 2 is 1.89 bits per heavy atom. The van der Waals surface area contributed by atoms with E-state index < -0.39 is 28.9 Å². The Balaban J connectivity index is 2.50. The summed E-state index contributed by atoms with van der Waals surface area (Å²) in [6.07, 6.45) is 1.86. The fraction of sp³-hybridized carbons (Fsp3) is 0.333. The molecule has 0 bridgehead atoms. The van der Waals surface area contributed by atoms with Crippen LogP contribution in [0.3, 0.4) is 0 Å². The Hall–Kier alpha value is -1.63. The minimum atomic E-state index is -1.65. The van der Waals surface area contributed by atoms with E-state index in [4.69, 9.17) is 5.73 Å². The Morgan fingerprint density at radius 1 is 1.21 bits per heavy atom. The first-order chi connectivity index (χ1) is 8.93. The zero-order chi connectivity index (χ0) is 14.4. The van der Waals surface area contributed by atoms with E-state index in [0.717, 1.165) is 6.07 Å². The standard InChI is InChI=1S/C12H13F3N2OS/c13-8-5-4-7(10(14)11(8)15)12(18)17-6-2-1-3-9(16)19/h4-5H,1-3,6H2,(H2,16,19)(H,17,18). The molecule has 0 radical (unpaired) electrons. The Morgan fingerprint density at radius 3 is 2.53 bits per heavy atom. The average molecular weight is 290 g/mol. The van der Waals surface area contributed by atoms with E-state index in [1.54, 1.807) is 0 Å². The molecule has 0 aliphatic heterocycles. The molecule has 1 amide bonds. The lowest BCUT2D eigenvalue weighted by atomic mass is 10.1. The van der Waals surface area contributed by atoms with E-state index in [2.05, 4.69) is 17.5 Å². The number of nitrogens with two attached hydrogens (primary N) is 1. The van der Waals surface area contributed by atoms with E-state index in [1.807, 2.05) is 0 Å². The van der Waals surface area contributed by atoms with Crippen LogP contribution in [0.15, 0.2) is 12.1 Å². The van der Waals surface area contributed by atoms with Crippen molar-refractivity contribution >= 4 is 23.1 Å². The lowest BCUT2D eigenvalue weighted by Crippen LogP contribution is -2.26. The number of rotatable bonds is 6. The molecule has 0 heterocycles. The summed E-state index contributed by atoms with van der Waals surface area (Å²) in [7, 11) is 0. The summed E-state index contributed by atoms with van der Waals surface area (Å²) in [6, 6.07) is 1.61. The molecule has 7 heteroatoms. The highest BCUT2D eigenvalue weighted by atomic mass is 32.1. The molecule has 0 aromatic heterocycles. The topological polar surface area (TPSA) is 55.1 Å². The Labute approximate surface area is 114 Å². The monoisotopic (exact) mass is 290 g/mol. The third kappa shape index (κ3) is 4.51. The number of halogens is 3. The summed E-state index contributed by atoms with van der Waals surface area (Å²) in [5.74, 6) is -5.25. The van der Waals surface area contributed by atoms with Gasteiger partial charge < -0.3 is 11.1 Å². The summed E-state index contributed by atoms with van der Waals surface area (Å²) in [6.45, 7) is 0.278. The van der Waals surface area contributed by atoms with Crippen LogP contribution in [0.25, 0.3) is 0 Å². The van der Waals surface area contributed by atoms with Crippen molar-refractivity contribution in [3.05, 3.63) is 35.1 Å². The van der Waals surface area contributed by atoms with Gasteiger partial charge in [-0.2, -0.15) is 0 Å². The summed E-state index contributed by atoms with van der Waals surface area (Å²) in [5, 5.41) is 2.41. The molecule has 0 atom stereocenters. The van der Waals surface area contributed by atoms with Crippen LogP contribution >= 0.6 is 12.2 Å². The number of nitrogens with one attached hydrogen (secondary N) is 1. The van der Waals surface area contributed by atoms with E-state index >= 15 is 0 Å². The highest BCUT2D eigenvalue weighted by molar-refractivity contribution is 7.80. The van der Waals surface area contributed by atoms with Crippen LogP contribution in [0.5, 0.6) is 0 Å². The minimum Gasteiger partial charge on any atom is -0.393 e.